The van der Waals surface area contributed by atoms with E-state index in [4.69, 9.17) is 9.47 Å². The Morgan fingerprint density at radius 1 is 1.24 bits per heavy atom. The van der Waals surface area contributed by atoms with Crippen molar-refractivity contribution in [2.45, 2.75) is 31.5 Å². The number of amides is 1. The lowest BCUT2D eigenvalue weighted by Crippen LogP contribution is -2.26. The fourth-order valence-electron chi connectivity index (χ4n) is 3.10. The van der Waals surface area contributed by atoms with Crippen molar-refractivity contribution in [3.63, 3.8) is 0 Å². The molecule has 0 spiro atoms. The Morgan fingerprint density at radius 3 is 2.86 bits per heavy atom. The Balaban J connectivity index is 1.54. The predicted molar refractivity (Wildman–Crippen MR) is 113 cm³/mol. The first-order chi connectivity index (χ1) is 14.1. The molecule has 0 radical (unpaired) electrons. The second-order valence-corrected chi connectivity index (χ2v) is 7.69. The number of aromatic nitrogens is 2. The molecular formula is C21H21N3O4S. The highest BCUT2D eigenvalue weighted by Gasteiger charge is 2.18. The first-order valence-electron chi connectivity index (χ1n) is 9.40. The van der Waals surface area contributed by atoms with E-state index in [-0.39, 0.29) is 30.1 Å². The molecule has 0 saturated heterocycles. The number of fused-ring (bicyclic) bond motifs is 2. The second kappa shape index (κ2) is 8.16. The number of para-hydroxylation sites is 1. The Labute approximate surface area is 172 Å². The van der Waals surface area contributed by atoms with Crippen LogP contribution in [0.1, 0.15) is 26.3 Å². The lowest BCUT2D eigenvalue weighted by molar-refractivity contribution is -0.113. The Kier molecular flexibility index (Phi) is 5.44. The number of ether oxygens (including phenoxy) is 2. The number of hydrogen-bond donors (Lipinski definition) is 1. The summed E-state index contributed by atoms with van der Waals surface area (Å²) in [5.74, 6) is 1.22. The molecular weight excluding hydrogens is 390 g/mol. The molecule has 1 atom stereocenters. The van der Waals surface area contributed by atoms with Crippen LogP contribution in [0.2, 0.25) is 0 Å². The number of carbonyl (C=O) groups excluding carboxylic acids is 1. The van der Waals surface area contributed by atoms with E-state index in [1.54, 1.807) is 28.8 Å². The first kappa shape index (κ1) is 19.3. The summed E-state index contributed by atoms with van der Waals surface area (Å²) >= 11 is 1.26. The van der Waals surface area contributed by atoms with E-state index in [1.807, 2.05) is 32.0 Å². The number of hydrogen-bond acceptors (Lipinski definition) is 6. The summed E-state index contributed by atoms with van der Waals surface area (Å²) < 4.78 is 12.3. The third-order valence-corrected chi connectivity index (χ3v) is 5.75. The van der Waals surface area contributed by atoms with Gasteiger partial charge in [-0.25, -0.2) is 4.98 Å². The van der Waals surface area contributed by atoms with Crippen LogP contribution in [0.15, 0.2) is 52.4 Å². The van der Waals surface area contributed by atoms with Crippen molar-refractivity contribution < 1.29 is 14.3 Å². The molecule has 1 aromatic heterocycles. The SMILES string of the molecule is CC[C@@H](C)n1c(SCC(=O)Nc2ccc3c(c2)OCO3)nc2ccccc2c1=O. The zero-order valence-corrected chi connectivity index (χ0v) is 17.0. The van der Waals surface area contributed by atoms with Crippen molar-refractivity contribution in [2.75, 3.05) is 17.9 Å². The maximum atomic E-state index is 13.0. The van der Waals surface area contributed by atoms with Crippen LogP contribution in [0, 0.1) is 0 Å². The fraction of sp³-hybridized carbons (Fsp3) is 0.286. The summed E-state index contributed by atoms with van der Waals surface area (Å²) in [7, 11) is 0. The minimum Gasteiger partial charge on any atom is -0.454 e. The van der Waals surface area contributed by atoms with Crippen LogP contribution in [0.3, 0.4) is 0 Å². The van der Waals surface area contributed by atoms with Crippen LogP contribution in [-0.2, 0) is 4.79 Å². The molecule has 0 unspecified atom stereocenters. The van der Waals surface area contributed by atoms with Gasteiger partial charge in [-0.1, -0.05) is 30.8 Å². The third kappa shape index (κ3) is 3.93. The van der Waals surface area contributed by atoms with Crippen LogP contribution in [0.25, 0.3) is 10.9 Å². The first-order valence-corrected chi connectivity index (χ1v) is 10.4. The van der Waals surface area contributed by atoms with Crippen molar-refractivity contribution in [1.82, 2.24) is 9.55 Å². The number of benzene rings is 2. The predicted octanol–water partition coefficient (Wildman–Crippen LogP) is 3.83. The van der Waals surface area contributed by atoms with Crippen LogP contribution < -0.4 is 20.3 Å². The third-order valence-electron chi connectivity index (χ3n) is 4.80. The van der Waals surface area contributed by atoms with E-state index in [1.165, 1.54) is 11.8 Å². The molecule has 8 heteroatoms. The average Bonchev–Trinajstić information content (AvgIpc) is 3.20. The average molecular weight is 411 g/mol. The fourth-order valence-corrected chi connectivity index (χ4v) is 4.00. The van der Waals surface area contributed by atoms with E-state index in [0.29, 0.717) is 33.2 Å². The second-order valence-electron chi connectivity index (χ2n) is 6.75. The summed E-state index contributed by atoms with van der Waals surface area (Å²) in [4.78, 5) is 30.1. The molecule has 29 heavy (non-hydrogen) atoms. The number of rotatable bonds is 6. The van der Waals surface area contributed by atoms with Gasteiger partial charge in [0.15, 0.2) is 16.7 Å². The monoisotopic (exact) mass is 411 g/mol. The summed E-state index contributed by atoms with van der Waals surface area (Å²) in [6.07, 6.45) is 0.789. The molecule has 0 saturated carbocycles. The quantitative estimate of drug-likeness (QED) is 0.490. The summed E-state index contributed by atoms with van der Waals surface area (Å²) in [6, 6.07) is 12.5. The minimum absolute atomic E-state index is 0.0148. The molecule has 150 valence electrons. The van der Waals surface area contributed by atoms with Crippen LogP contribution in [-0.4, -0.2) is 28.0 Å². The van der Waals surface area contributed by atoms with Crippen molar-refractivity contribution >= 4 is 34.3 Å². The maximum absolute atomic E-state index is 13.0. The molecule has 1 aliphatic rings. The van der Waals surface area contributed by atoms with Gasteiger partial charge in [0, 0.05) is 17.8 Å². The standard InChI is InChI=1S/C21H21N3O4S/c1-3-13(2)24-20(26)15-6-4-5-7-16(15)23-21(24)29-11-19(25)22-14-8-9-17-18(10-14)28-12-27-17/h4-10,13H,3,11-12H2,1-2H3,(H,22,25)/t13-/m1/s1. The molecule has 2 heterocycles. The zero-order valence-electron chi connectivity index (χ0n) is 16.2. The molecule has 4 rings (SSSR count). The molecule has 0 aliphatic carbocycles. The van der Waals surface area contributed by atoms with Gasteiger partial charge in [0.25, 0.3) is 5.56 Å². The van der Waals surface area contributed by atoms with Crippen LogP contribution in [0.5, 0.6) is 11.5 Å². The van der Waals surface area contributed by atoms with Gasteiger partial charge in [0.1, 0.15) is 0 Å². The topological polar surface area (TPSA) is 82.5 Å². The Hall–Kier alpha value is -3.00. The van der Waals surface area contributed by atoms with E-state index in [2.05, 4.69) is 10.3 Å². The van der Waals surface area contributed by atoms with Crippen molar-refractivity contribution in [3.05, 3.63) is 52.8 Å². The molecule has 0 fully saturated rings. The van der Waals surface area contributed by atoms with Gasteiger partial charge in [0.2, 0.25) is 12.7 Å². The highest BCUT2D eigenvalue weighted by molar-refractivity contribution is 7.99. The highest BCUT2D eigenvalue weighted by atomic mass is 32.2. The lowest BCUT2D eigenvalue weighted by Gasteiger charge is -2.18. The summed E-state index contributed by atoms with van der Waals surface area (Å²) in [6.45, 7) is 4.19. The Bertz CT molecular complexity index is 1130. The molecule has 2 aromatic carbocycles. The van der Waals surface area contributed by atoms with Gasteiger partial charge in [-0.3, -0.25) is 14.2 Å². The summed E-state index contributed by atoms with van der Waals surface area (Å²) in [5.41, 5.74) is 1.19. The normalized spacial score (nSPS) is 13.4. The van der Waals surface area contributed by atoms with Crippen molar-refractivity contribution in [2.24, 2.45) is 0 Å². The summed E-state index contributed by atoms with van der Waals surface area (Å²) in [5, 5.41) is 3.98. The number of carbonyl (C=O) groups is 1. The van der Waals surface area contributed by atoms with E-state index >= 15 is 0 Å². The number of anilines is 1. The lowest BCUT2D eigenvalue weighted by atomic mass is 10.2. The molecule has 7 nitrogen and oxygen atoms in total. The van der Waals surface area contributed by atoms with E-state index in [0.717, 1.165) is 6.42 Å². The number of thioether (sulfide) groups is 1. The van der Waals surface area contributed by atoms with Gasteiger partial charge >= 0.3 is 0 Å². The molecule has 1 N–H and O–H groups in total. The minimum atomic E-state index is -0.188. The van der Waals surface area contributed by atoms with E-state index < -0.39 is 0 Å². The zero-order chi connectivity index (χ0) is 20.4. The number of nitrogens with zero attached hydrogens (tertiary/aromatic N) is 2. The maximum Gasteiger partial charge on any atom is 0.262 e. The van der Waals surface area contributed by atoms with Crippen LogP contribution in [0.4, 0.5) is 5.69 Å². The molecule has 3 aromatic rings. The van der Waals surface area contributed by atoms with Crippen molar-refractivity contribution in [3.8, 4) is 11.5 Å². The van der Waals surface area contributed by atoms with Crippen molar-refractivity contribution in [1.29, 1.82) is 0 Å². The van der Waals surface area contributed by atoms with Gasteiger partial charge in [0.05, 0.1) is 16.7 Å². The molecule has 1 amide bonds. The van der Waals surface area contributed by atoms with Gasteiger partial charge < -0.3 is 14.8 Å². The largest absolute Gasteiger partial charge is 0.454 e. The smallest absolute Gasteiger partial charge is 0.262 e. The van der Waals surface area contributed by atoms with Gasteiger partial charge in [-0.2, -0.15) is 0 Å². The number of nitrogens with one attached hydrogen (secondary N) is 1. The highest BCUT2D eigenvalue weighted by Crippen LogP contribution is 2.34. The molecule has 0 bridgehead atoms. The van der Waals surface area contributed by atoms with E-state index in [9.17, 15) is 9.59 Å². The van der Waals surface area contributed by atoms with Crippen LogP contribution >= 0.6 is 11.8 Å². The van der Waals surface area contributed by atoms with Gasteiger partial charge in [-0.05, 0) is 37.6 Å². The Morgan fingerprint density at radius 2 is 2.03 bits per heavy atom. The molecule has 1 aliphatic heterocycles. The van der Waals surface area contributed by atoms with Gasteiger partial charge in [-0.15, -0.1) is 0 Å².